The van der Waals surface area contributed by atoms with E-state index in [0.717, 1.165) is 158 Å². The Morgan fingerprint density at radius 2 is 0.808 bits per heavy atom. The van der Waals surface area contributed by atoms with Crippen molar-refractivity contribution in [2.24, 2.45) is 128 Å². The minimum Gasteiger partial charge on any atom is -0.497 e. The number of carbonyl (C=O) groups excluding carboxylic acids is 1. The quantitative estimate of drug-likeness (QED) is 0.225. The Morgan fingerprint density at radius 1 is 0.315 bits per heavy atom. The van der Waals surface area contributed by atoms with Crippen LogP contribution in [-0.2, 0) is 19.0 Å². The van der Waals surface area contributed by atoms with Gasteiger partial charge in [0.15, 0.2) is 0 Å². The van der Waals surface area contributed by atoms with Crippen LogP contribution in [0.2, 0.25) is 0 Å². The third-order valence-electron chi connectivity index (χ3n) is 41.6. The van der Waals surface area contributed by atoms with Crippen LogP contribution < -0.4 is 10.6 Å². The van der Waals surface area contributed by atoms with Crippen LogP contribution in [0.3, 0.4) is 0 Å². The number of nitrogens with one attached hydrogen (secondary N) is 2. The van der Waals surface area contributed by atoms with Crippen LogP contribution in [0.4, 0.5) is 0 Å². The molecule has 9 aliphatic carbocycles. The molecule has 14 saturated heterocycles. The molecule has 0 radical (unpaired) electrons. The first-order valence-corrected chi connectivity index (χ1v) is 62.6. The number of fused-ring (bicyclic) bond motifs is 11. The van der Waals surface area contributed by atoms with Gasteiger partial charge in [-0.2, -0.15) is 0 Å². The molecule has 0 spiro atoms. The van der Waals surface area contributed by atoms with Crippen molar-refractivity contribution in [2.75, 3.05) is 164 Å². The number of allylic oxidation sites excluding steroid dienone is 1. The molecule has 0 aromatic heterocycles. The lowest BCUT2D eigenvalue weighted by Gasteiger charge is -2.49. The second kappa shape index (κ2) is 49.8. The maximum absolute atomic E-state index is 11.8. The lowest BCUT2D eigenvalue weighted by molar-refractivity contribution is -0.209. The van der Waals surface area contributed by atoms with Crippen molar-refractivity contribution in [3.63, 3.8) is 0 Å². The van der Waals surface area contributed by atoms with Crippen molar-refractivity contribution >= 4 is 5.91 Å². The van der Waals surface area contributed by atoms with Gasteiger partial charge < -0.3 is 29.7 Å². The summed E-state index contributed by atoms with van der Waals surface area (Å²) in [4.78, 5) is 37.3. The van der Waals surface area contributed by atoms with E-state index in [0.29, 0.717) is 91.0 Å². The molecule has 0 aromatic rings. The highest BCUT2D eigenvalue weighted by molar-refractivity contribution is 5.80. The molecule has 1 amide bonds. The SMILES string of the molecule is CC(C)(C)C1C=C2OCC2C1.CC(C)(C)C1CC2CCNCC2C1.CC(C)(C)C1CC2COCCN2C1.CC(C)(C)C1NCC2CCCC21.CC(C)(C)C1OC2CCCC21.CC(C)(C)N1CC(=O)N2CCCC2C1.CC(C)(C)N1CC2=C(CCC2)C1.CC(C)(C)N1CC2CC2C1.CC(C)(C)N1CCC2CC2C1.CC(C)(C)N1CCC2CCC2C1.CC(C)(C)N1CCCC2CCCC2C1.CC(C)(C)N1CCN2CCCC2C1. The number of nitrogens with zero attached hydrogens (tertiary/aromatic N) is 10. The van der Waals surface area contributed by atoms with Crippen molar-refractivity contribution in [3.8, 4) is 0 Å². The standard InChI is InChI=1S/C13H25N.C12H23N.C11H20N2O.C11H22N2.C11H21NO.C11H21N.C11H19N.C11H21N.C10H19N.C10H16O.C10H18O.C9H17N/c1-13(2,3)14-9-5-8-11-6-4-7-12(11)10-14;1-12(2,3)11-6-9-4-5-13-8-10(9)7-11;1-11(2,3)12-7-9-5-4-6-13(9)10(14)8-12;1-11(2,3)13-8-7-12-6-4-5-10(12)9-13;1-11(2,3)9-6-10-8-13-5-4-12(10)7-9;1-11(2,3)12-7-6-9-4-5-10(9)8-12;1-11(2,3)12-7-9-5-4-6-10(9)8-12;1-11(2,3)10-9-6-4-5-8(9)7-12-10;1-10(2,3)11-5-4-8-6-9(8)7-11;1-10(2,3)8-4-7-6-11-9(7)5-8;1-10(2,3)9-7-5-4-6-8(7)11-9;1-9(2,3)10-5-7-4-8(7)6-10/h11-12H,4-10H2,1-3H3;9-11,13H,4-8H2,1-3H3;9H,4-8H2,1-3H3;10H,4-9H2,1-3H3;9-10H,4-8H2,1-3H3;9-10H,4-8H2,1-3H3;4-8H2,1-3H3;8-10,12H,4-7H2,1-3H3;8-9H,4-7H2,1-3H3;5,7-8H,4,6H2,1-3H3;7-9H,4-6H2,1-3H3;7-8H,4-6H2,1-3H3. The van der Waals surface area contributed by atoms with Gasteiger partial charge in [-0.25, -0.2) is 0 Å². The molecule has 0 aromatic carbocycles. The fraction of sp³-hybridized carbons (Fsp3) is 0.962. The van der Waals surface area contributed by atoms with E-state index in [9.17, 15) is 4.79 Å². The fourth-order valence-electron chi connectivity index (χ4n) is 30.3. The summed E-state index contributed by atoms with van der Waals surface area (Å²) in [5, 5.41) is 7.23. The predicted octanol–water partition coefficient (Wildman–Crippen LogP) is 26.9. The molecule has 15 heterocycles. The summed E-state index contributed by atoms with van der Waals surface area (Å²) in [7, 11) is 0. The van der Waals surface area contributed by atoms with Gasteiger partial charge in [-0.1, -0.05) is 141 Å². The highest BCUT2D eigenvalue weighted by atomic mass is 16.5. The molecule has 2 N–H and O–H groups in total. The Morgan fingerprint density at radius 3 is 1.34 bits per heavy atom. The first-order valence-electron chi connectivity index (χ1n) is 62.6. The molecule has 24 rings (SSSR count). The van der Waals surface area contributed by atoms with Gasteiger partial charge in [0.05, 0.1) is 50.3 Å². The van der Waals surface area contributed by atoms with Crippen LogP contribution in [0.5, 0.6) is 0 Å². The molecule has 0 bridgehead atoms. The zero-order valence-corrected chi connectivity index (χ0v) is 103. The van der Waals surface area contributed by atoms with Crippen LogP contribution in [0.25, 0.3) is 0 Å². The van der Waals surface area contributed by atoms with Gasteiger partial charge in [0.1, 0.15) is 0 Å². The molecule has 21 fully saturated rings. The minimum atomic E-state index is 0.129. The van der Waals surface area contributed by atoms with Gasteiger partial charge in [-0.05, 0) is 474 Å². The van der Waals surface area contributed by atoms with Crippen molar-refractivity contribution < 1.29 is 19.0 Å². The molecule has 846 valence electrons. The lowest BCUT2D eigenvalue weighted by atomic mass is 9.69. The van der Waals surface area contributed by atoms with E-state index in [1.807, 2.05) is 0 Å². The molecule has 23 atom stereocenters. The lowest BCUT2D eigenvalue weighted by Crippen LogP contribution is -2.58. The largest absolute Gasteiger partial charge is 0.497 e. The summed E-state index contributed by atoms with van der Waals surface area (Å²) in [5.74, 6) is 18.5. The van der Waals surface area contributed by atoms with Crippen LogP contribution >= 0.6 is 0 Å². The number of piperidine rings is 4. The smallest absolute Gasteiger partial charge is 0.237 e. The van der Waals surface area contributed by atoms with Gasteiger partial charge in [-0.3, -0.25) is 48.9 Å². The molecule has 16 nitrogen and oxygen atoms in total. The maximum atomic E-state index is 11.8. The molecular formula is C130H242N12O4. The Hall–Kier alpha value is -1.77. The summed E-state index contributed by atoms with van der Waals surface area (Å²) >= 11 is 0. The highest BCUT2D eigenvalue weighted by Gasteiger charge is 2.53. The number of ether oxygens (including phenoxy) is 3. The molecule has 16 heteroatoms. The molecule has 23 unspecified atom stereocenters. The maximum Gasteiger partial charge on any atom is 0.237 e. The average Bonchev–Trinajstić information content (AvgIpc) is 1.60. The average molecular weight is 2040 g/mol. The van der Waals surface area contributed by atoms with Crippen LogP contribution in [0.1, 0.15) is 435 Å². The molecule has 24 aliphatic rings. The fourth-order valence-corrected chi connectivity index (χ4v) is 30.3. The van der Waals surface area contributed by atoms with E-state index in [-0.39, 0.29) is 5.54 Å². The molecule has 15 aliphatic heterocycles. The van der Waals surface area contributed by atoms with Gasteiger partial charge in [0.2, 0.25) is 5.91 Å². The summed E-state index contributed by atoms with van der Waals surface area (Å²) < 4.78 is 16.7. The Labute approximate surface area is 904 Å². The third-order valence-corrected chi connectivity index (χ3v) is 41.6. The number of piperazine rings is 2. The van der Waals surface area contributed by atoms with Crippen LogP contribution in [-0.4, -0.2) is 294 Å². The number of rotatable bonds is 0. The predicted molar refractivity (Wildman–Crippen MR) is 621 cm³/mol. The topological polar surface area (TPSA) is 101 Å². The van der Waals surface area contributed by atoms with E-state index in [2.05, 4.69) is 315 Å². The van der Waals surface area contributed by atoms with E-state index in [4.69, 9.17) is 14.2 Å². The Balaban J connectivity index is 0.000000133. The second-order valence-corrected chi connectivity index (χ2v) is 64.7. The summed E-state index contributed by atoms with van der Waals surface area (Å²) in [5.41, 5.74) is 8.26. The van der Waals surface area contributed by atoms with Gasteiger partial charge in [0.25, 0.3) is 0 Å². The van der Waals surface area contributed by atoms with Crippen LogP contribution in [0.15, 0.2) is 23.0 Å². The first kappa shape index (κ1) is 121. The van der Waals surface area contributed by atoms with Crippen molar-refractivity contribution in [3.05, 3.63) is 23.0 Å². The minimum absolute atomic E-state index is 0.129. The van der Waals surface area contributed by atoms with Crippen LogP contribution in [0, 0.1) is 128 Å². The summed E-state index contributed by atoms with van der Waals surface area (Å²) in [6, 6.07) is 2.87. The van der Waals surface area contributed by atoms with Gasteiger partial charge >= 0.3 is 0 Å². The summed E-state index contributed by atoms with van der Waals surface area (Å²) in [6.45, 7) is 114. The van der Waals surface area contributed by atoms with E-state index in [1.54, 1.807) is 11.1 Å². The first-order chi connectivity index (χ1) is 67.8. The number of morpholine rings is 1. The highest BCUT2D eigenvalue weighted by Crippen LogP contribution is 2.54. The molecular weight excluding hydrogens is 1790 g/mol. The number of hydrogen-bond donors (Lipinski definition) is 2. The number of hydrogen-bond acceptors (Lipinski definition) is 15. The Bertz CT molecular complexity index is 3890. The van der Waals surface area contributed by atoms with Crippen molar-refractivity contribution in [1.29, 1.82) is 0 Å². The van der Waals surface area contributed by atoms with Gasteiger partial charge in [-0.15, -0.1) is 0 Å². The third kappa shape index (κ3) is 34.1. The van der Waals surface area contributed by atoms with Crippen molar-refractivity contribution in [1.82, 2.24) is 59.6 Å². The van der Waals surface area contributed by atoms with Gasteiger partial charge in [0, 0.05) is 160 Å². The zero-order chi connectivity index (χ0) is 107. The summed E-state index contributed by atoms with van der Waals surface area (Å²) in [6.07, 6.45) is 44.9. The molecule has 146 heavy (non-hydrogen) atoms. The second-order valence-electron chi connectivity index (χ2n) is 64.7. The van der Waals surface area contributed by atoms with Crippen molar-refractivity contribution in [2.45, 2.75) is 511 Å². The zero-order valence-electron chi connectivity index (χ0n) is 103. The molecule has 7 saturated carbocycles. The normalized spacial score (nSPS) is 36.0. The van der Waals surface area contributed by atoms with E-state index >= 15 is 0 Å². The number of carbonyl (C=O) groups is 1. The monoisotopic (exact) mass is 2040 g/mol. The van der Waals surface area contributed by atoms with E-state index < -0.39 is 0 Å². The number of likely N-dealkylation sites (tertiary alicyclic amines) is 5. The Kier molecular flexibility index (Phi) is 41.3. The van der Waals surface area contributed by atoms with E-state index in [1.165, 1.54) is 310 Å². The number of amides is 1.